The fraction of sp³-hybridized carbons (Fsp3) is 0.176. The van der Waals surface area contributed by atoms with Crippen molar-refractivity contribution in [1.82, 2.24) is 4.90 Å². The molecular weight excluding hydrogens is 280 g/mol. The van der Waals surface area contributed by atoms with Gasteiger partial charge < -0.3 is 0 Å². The molecule has 0 bridgehead atoms. The Hall–Kier alpha value is -2.07. The molecule has 0 aliphatic carbocycles. The van der Waals surface area contributed by atoms with Gasteiger partial charge in [0.15, 0.2) is 0 Å². The summed E-state index contributed by atoms with van der Waals surface area (Å²) in [5.74, 6) is 1.08. The first-order chi connectivity index (χ1) is 10.3. The second-order valence-corrected chi connectivity index (χ2v) is 6.46. The van der Waals surface area contributed by atoms with Crippen LogP contribution in [0.1, 0.15) is 12.0 Å². The molecule has 1 atom stereocenters. The molecule has 104 valence electrons. The third-order valence-corrected chi connectivity index (χ3v) is 5.04. The molecule has 0 saturated carbocycles. The quantitative estimate of drug-likeness (QED) is 0.847. The lowest BCUT2D eigenvalue weighted by molar-refractivity contribution is -0.126. The topological polar surface area (TPSA) is 32.7 Å². The first kappa shape index (κ1) is 12.7. The minimum Gasteiger partial charge on any atom is -0.295 e. The lowest BCUT2D eigenvalue weighted by Gasteiger charge is -2.23. The Kier molecular flexibility index (Phi) is 3.04. The minimum absolute atomic E-state index is 0.163. The van der Waals surface area contributed by atoms with E-state index in [2.05, 4.69) is 6.07 Å². The summed E-state index contributed by atoms with van der Waals surface area (Å²) in [5.41, 5.74) is 2.11. The number of para-hydroxylation sites is 1. The Morgan fingerprint density at radius 2 is 1.86 bits per heavy atom. The van der Waals surface area contributed by atoms with Crippen molar-refractivity contribution in [1.29, 1.82) is 0 Å². The number of nitrogens with zero attached hydrogens (tertiary/aromatic N) is 2. The monoisotopic (exact) mass is 294 g/mol. The highest BCUT2D eigenvalue weighted by Gasteiger charge is 2.39. The summed E-state index contributed by atoms with van der Waals surface area (Å²) < 4.78 is 0. The van der Waals surface area contributed by atoms with Crippen LogP contribution in [-0.2, 0) is 11.3 Å². The lowest BCUT2D eigenvalue weighted by atomic mass is 10.2. The van der Waals surface area contributed by atoms with Crippen molar-refractivity contribution in [3.05, 3.63) is 60.2 Å². The molecule has 4 heteroatoms. The number of carbonyl (C=O) groups is 1. The van der Waals surface area contributed by atoms with Gasteiger partial charge in [-0.15, -0.1) is 11.8 Å². The summed E-state index contributed by atoms with van der Waals surface area (Å²) in [6.45, 7) is 0.609. The van der Waals surface area contributed by atoms with Crippen LogP contribution in [0.5, 0.6) is 0 Å². The highest BCUT2D eigenvalue weighted by atomic mass is 32.2. The van der Waals surface area contributed by atoms with Crippen LogP contribution in [0.15, 0.2) is 64.5 Å². The molecule has 0 unspecified atom stereocenters. The Bertz CT molecular complexity index is 727. The standard InChI is InChI=1S/C17H14N2OS/c20-16-10-15-17(18-13-8-4-5-9-14(13)21-15)19(16)11-12-6-2-1-3-7-12/h1-9,15H,10-11H2/t15-/m0/s1. The van der Waals surface area contributed by atoms with Gasteiger partial charge >= 0.3 is 0 Å². The number of amidine groups is 1. The van der Waals surface area contributed by atoms with E-state index in [4.69, 9.17) is 4.99 Å². The second-order valence-electron chi connectivity index (χ2n) is 5.21. The number of fused-ring (bicyclic) bond motifs is 2. The number of rotatable bonds is 2. The molecule has 1 saturated heterocycles. The van der Waals surface area contributed by atoms with Crippen molar-refractivity contribution < 1.29 is 4.79 Å². The Labute approximate surface area is 127 Å². The molecule has 21 heavy (non-hydrogen) atoms. The fourth-order valence-electron chi connectivity index (χ4n) is 2.75. The molecule has 2 aromatic carbocycles. The maximum Gasteiger partial charge on any atom is 0.229 e. The summed E-state index contributed by atoms with van der Waals surface area (Å²) >= 11 is 1.75. The highest BCUT2D eigenvalue weighted by Crippen LogP contribution is 2.42. The molecule has 2 heterocycles. The highest BCUT2D eigenvalue weighted by molar-refractivity contribution is 8.01. The van der Waals surface area contributed by atoms with E-state index >= 15 is 0 Å². The molecule has 2 aliphatic rings. The van der Waals surface area contributed by atoms with Crippen LogP contribution in [-0.4, -0.2) is 21.9 Å². The smallest absolute Gasteiger partial charge is 0.229 e. The number of thioether (sulfide) groups is 1. The van der Waals surface area contributed by atoms with E-state index in [-0.39, 0.29) is 11.2 Å². The van der Waals surface area contributed by atoms with Crippen LogP contribution in [0, 0.1) is 0 Å². The summed E-state index contributed by atoms with van der Waals surface area (Å²) in [6.07, 6.45) is 0.546. The van der Waals surface area contributed by atoms with Gasteiger partial charge in [-0.05, 0) is 17.7 Å². The van der Waals surface area contributed by atoms with Crippen LogP contribution in [0.4, 0.5) is 5.69 Å². The van der Waals surface area contributed by atoms with Crippen LogP contribution in [0.25, 0.3) is 0 Å². The largest absolute Gasteiger partial charge is 0.295 e. The van der Waals surface area contributed by atoms with Crippen LogP contribution in [0.2, 0.25) is 0 Å². The Morgan fingerprint density at radius 3 is 2.71 bits per heavy atom. The van der Waals surface area contributed by atoms with Crippen molar-refractivity contribution in [2.75, 3.05) is 0 Å². The van der Waals surface area contributed by atoms with Crippen molar-refractivity contribution >= 4 is 29.2 Å². The SMILES string of the molecule is O=C1C[C@@H]2Sc3ccccc3N=C2N1Cc1ccccc1. The lowest BCUT2D eigenvalue weighted by Crippen LogP contribution is -2.31. The van der Waals surface area contributed by atoms with E-state index in [0.29, 0.717) is 13.0 Å². The summed E-state index contributed by atoms with van der Waals surface area (Å²) in [6, 6.07) is 18.2. The Balaban J connectivity index is 1.69. The number of amides is 1. The maximum atomic E-state index is 12.3. The third kappa shape index (κ3) is 2.25. The molecule has 0 spiro atoms. The zero-order valence-corrected chi connectivity index (χ0v) is 12.2. The normalized spacial score (nSPS) is 20.0. The molecule has 4 rings (SSSR count). The molecule has 2 aliphatic heterocycles. The summed E-state index contributed by atoms with van der Waals surface area (Å²) in [7, 11) is 0. The average Bonchev–Trinajstić information content (AvgIpc) is 2.81. The van der Waals surface area contributed by atoms with E-state index in [1.54, 1.807) is 11.8 Å². The number of likely N-dealkylation sites (tertiary alicyclic amines) is 1. The van der Waals surface area contributed by atoms with E-state index < -0.39 is 0 Å². The maximum absolute atomic E-state index is 12.3. The van der Waals surface area contributed by atoms with Gasteiger partial charge in [0, 0.05) is 11.3 Å². The van der Waals surface area contributed by atoms with Crippen LogP contribution >= 0.6 is 11.8 Å². The number of carbonyl (C=O) groups excluding carboxylic acids is 1. The number of benzene rings is 2. The first-order valence-corrected chi connectivity index (χ1v) is 7.88. The van der Waals surface area contributed by atoms with Crippen molar-refractivity contribution in [2.45, 2.75) is 23.1 Å². The van der Waals surface area contributed by atoms with Gasteiger partial charge in [0.1, 0.15) is 5.84 Å². The van der Waals surface area contributed by atoms with Crippen LogP contribution in [0.3, 0.4) is 0 Å². The molecule has 0 radical (unpaired) electrons. The second kappa shape index (κ2) is 5.04. The fourth-order valence-corrected chi connectivity index (χ4v) is 3.96. The average molecular weight is 294 g/mol. The van der Waals surface area contributed by atoms with Gasteiger partial charge in [-0.25, -0.2) is 4.99 Å². The van der Waals surface area contributed by atoms with Gasteiger partial charge in [0.05, 0.1) is 17.5 Å². The zero-order valence-electron chi connectivity index (χ0n) is 11.4. The van der Waals surface area contributed by atoms with E-state index in [1.165, 1.54) is 4.90 Å². The third-order valence-electron chi connectivity index (χ3n) is 3.78. The molecular formula is C17H14N2OS. The number of hydrogen-bond acceptors (Lipinski definition) is 3. The van der Waals surface area contributed by atoms with Gasteiger partial charge in [-0.3, -0.25) is 9.69 Å². The molecule has 1 amide bonds. The van der Waals surface area contributed by atoms with Gasteiger partial charge in [-0.2, -0.15) is 0 Å². The molecule has 0 N–H and O–H groups in total. The predicted molar refractivity (Wildman–Crippen MR) is 84.8 cm³/mol. The van der Waals surface area contributed by atoms with E-state index in [9.17, 15) is 4.79 Å². The summed E-state index contributed by atoms with van der Waals surface area (Å²) in [4.78, 5) is 20.1. The molecule has 2 aromatic rings. The van der Waals surface area contributed by atoms with Gasteiger partial charge in [-0.1, -0.05) is 42.5 Å². The molecule has 1 fully saturated rings. The zero-order chi connectivity index (χ0) is 14.2. The number of hydrogen-bond donors (Lipinski definition) is 0. The van der Waals surface area contributed by atoms with Crippen molar-refractivity contribution in [2.24, 2.45) is 4.99 Å². The molecule has 0 aromatic heterocycles. The van der Waals surface area contributed by atoms with Gasteiger partial charge in [0.25, 0.3) is 0 Å². The predicted octanol–water partition coefficient (Wildman–Crippen LogP) is 3.62. The van der Waals surface area contributed by atoms with E-state index in [1.807, 2.05) is 53.4 Å². The first-order valence-electron chi connectivity index (χ1n) is 7.00. The van der Waals surface area contributed by atoms with Crippen molar-refractivity contribution in [3.63, 3.8) is 0 Å². The van der Waals surface area contributed by atoms with E-state index in [0.717, 1.165) is 17.1 Å². The van der Waals surface area contributed by atoms with Gasteiger partial charge in [0.2, 0.25) is 5.91 Å². The van der Waals surface area contributed by atoms with Crippen LogP contribution < -0.4 is 0 Å². The minimum atomic E-state index is 0.163. The Morgan fingerprint density at radius 1 is 1.10 bits per heavy atom. The summed E-state index contributed by atoms with van der Waals surface area (Å²) in [5, 5.41) is 0.163. The number of aliphatic imine (C=N–C) groups is 1. The molecule has 3 nitrogen and oxygen atoms in total. The van der Waals surface area contributed by atoms with Crippen molar-refractivity contribution in [3.8, 4) is 0 Å².